The fourth-order valence-electron chi connectivity index (χ4n) is 1.22. The number of carbonyl (C=O) groups is 2. The van der Waals surface area contributed by atoms with E-state index in [0.29, 0.717) is 13.0 Å². The van der Waals surface area contributed by atoms with Crippen LogP contribution in [0.25, 0.3) is 0 Å². The molecule has 5 heteroatoms. The van der Waals surface area contributed by atoms with Gasteiger partial charge in [0, 0.05) is 6.92 Å². The summed E-state index contributed by atoms with van der Waals surface area (Å²) in [6, 6.07) is -0.518. The van der Waals surface area contributed by atoms with Gasteiger partial charge in [-0.25, -0.2) is 4.79 Å². The molecule has 5 nitrogen and oxygen atoms in total. The van der Waals surface area contributed by atoms with Gasteiger partial charge < -0.3 is 15.4 Å². The average Bonchev–Trinajstić information content (AvgIpc) is 2.16. The molecule has 0 aromatic rings. The number of carbonyl (C=O) groups excluding carboxylic acids is 2. The Labute approximate surface area is 90.6 Å². The van der Waals surface area contributed by atoms with E-state index < -0.39 is 6.04 Å². The van der Waals surface area contributed by atoms with Gasteiger partial charge in [-0.1, -0.05) is 0 Å². The van der Waals surface area contributed by atoms with Crippen molar-refractivity contribution in [2.45, 2.75) is 32.7 Å². The first-order valence-corrected chi connectivity index (χ1v) is 5.20. The second-order valence-electron chi connectivity index (χ2n) is 3.25. The fraction of sp³-hybridized carbons (Fsp3) is 0.800. The molecular formula is C10H20N2O3. The zero-order chi connectivity index (χ0) is 11.7. The van der Waals surface area contributed by atoms with Crippen molar-refractivity contribution in [3.05, 3.63) is 0 Å². The van der Waals surface area contributed by atoms with E-state index in [9.17, 15) is 9.59 Å². The normalized spacial score (nSPS) is 11.9. The minimum Gasteiger partial charge on any atom is -0.464 e. The van der Waals surface area contributed by atoms with Crippen molar-refractivity contribution >= 4 is 11.9 Å². The second-order valence-corrected chi connectivity index (χ2v) is 3.25. The van der Waals surface area contributed by atoms with Crippen molar-refractivity contribution in [1.82, 2.24) is 10.6 Å². The van der Waals surface area contributed by atoms with E-state index in [1.54, 1.807) is 6.92 Å². The first kappa shape index (κ1) is 13.9. The van der Waals surface area contributed by atoms with E-state index in [2.05, 4.69) is 10.6 Å². The molecule has 0 aliphatic rings. The molecule has 0 bridgehead atoms. The highest BCUT2D eigenvalue weighted by atomic mass is 16.5. The van der Waals surface area contributed by atoms with Crippen molar-refractivity contribution in [1.29, 1.82) is 0 Å². The van der Waals surface area contributed by atoms with Crippen LogP contribution in [0, 0.1) is 0 Å². The first-order chi connectivity index (χ1) is 7.11. The lowest BCUT2D eigenvalue weighted by atomic mass is 10.1. The van der Waals surface area contributed by atoms with Gasteiger partial charge in [-0.3, -0.25) is 4.79 Å². The molecule has 1 unspecified atom stereocenters. The molecule has 15 heavy (non-hydrogen) atoms. The van der Waals surface area contributed by atoms with Gasteiger partial charge >= 0.3 is 5.97 Å². The smallest absolute Gasteiger partial charge is 0.328 e. The second kappa shape index (κ2) is 8.23. The highest BCUT2D eigenvalue weighted by molar-refractivity contribution is 5.83. The van der Waals surface area contributed by atoms with Crippen LogP contribution in [0.2, 0.25) is 0 Å². The molecule has 2 N–H and O–H groups in total. The monoisotopic (exact) mass is 216 g/mol. The molecule has 1 atom stereocenters. The van der Waals surface area contributed by atoms with Crippen molar-refractivity contribution in [3.63, 3.8) is 0 Å². The Bertz CT molecular complexity index is 207. The Morgan fingerprint density at radius 3 is 2.53 bits per heavy atom. The Balaban J connectivity index is 4.05. The third-order valence-electron chi connectivity index (χ3n) is 1.87. The maximum atomic E-state index is 11.4. The summed E-state index contributed by atoms with van der Waals surface area (Å²) in [6.07, 6.45) is 1.42. The van der Waals surface area contributed by atoms with E-state index >= 15 is 0 Å². The molecule has 0 aliphatic heterocycles. The lowest BCUT2D eigenvalue weighted by molar-refractivity contribution is -0.147. The van der Waals surface area contributed by atoms with Crippen LogP contribution >= 0.6 is 0 Å². The van der Waals surface area contributed by atoms with Crippen LogP contribution in [-0.4, -0.2) is 38.1 Å². The maximum absolute atomic E-state index is 11.4. The number of ether oxygens (including phenoxy) is 1. The van der Waals surface area contributed by atoms with Gasteiger partial charge in [0.25, 0.3) is 0 Å². The minimum atomic E-state index is -0.518. The number of amides is 1. The Morgan fingerprint density at radius 2 is 2.07 bits per heavy atom. The lowest BCUT2D eigenvalue weighted by Gasteiger charge is -2.15. The predicted octanol–water partition coefficient (Wildman–Crippen LogP) is 0.0538. The van der Waals surface area contributed by atoms with Crippen LogP contribution < -0.4 is 10.6 Å². The molecule has 0 fully saturated rings. The SMILES string of the molecule is CCOC(=O)C(CCCNC)NC(C)=O. The topological polar surface area (TPSA) is 67.4 Å². The van der Waals surface area contributed by atoms with Gasteiger partial charge in [-0.05, 0) is 33.4 Å². The summed E-state index contributed by atoms with van der Waals surface area (Å²) in [5, 5.41) is 5.56. The molecular weight excluding hydrogens is 196 g/mol. The molecule has 0 radical (unpaired) electrons. The van der Waals surface area contributed by atoms with Crippen LogP contribution in [0.4, 0.5) is 0 Å². The van der Waals surface area contributed by atoms with E-state index in [4.69, 9.17) is 4.74 Å². The molecule has 0 aromatic carbocycles. The van der Waals surface area contributed by atoms with E-state index in [-0.39, 0.29) is 11.9 Å². The molecule has 0 aromatic heterocycles. The maximum Gasteiger partial charge on any atom is 0.328 e. The van der Waals surface area contributed by atoms with Crippen molar-refractivity contribution in [2.24, 2.45) is 0 Å². The predicted molar refractivity (Wildman–Crippen MR) is 57.4 cm³/mol. The molecule has 0 saturated heterocycles. The lowest BCUT2D eigenvalue weighted by Crippen LogP contribution is -2.41. The van der Waals surface area contributed by atoms with Gasteiger partial charge in [-0.2, -0.15) is 0 Å². The van der Waals surface area contributed by atoms with Gasteiger partial charge in [0.05, 0.1) is 6.61 Å². The van der Waals surface area contributed by atoms with Crippen LogP contribution in [-0.2, 0) is 14.3 Å². The van der Waals surface area contributed by atoms with Crippen LogP contribution in [0.1, 0.15) is 26.7 Å². The fourth-order valence-corrected chi connectivity index (χ4v) is 1.22. The quantitative estimate of drug-likeness (QED) is 0.466. The van der Waals surface area contributed by atoms with E-state index in [1.807, 2.05) is 7.05 Å². The summed E-state index contributed by atoms with van der Waals surface area (Å²) in [5.41, 5.74) is 0. The van der Waals surface area contributed by atoms with Crippen LogP contribution in [0.5, 0.6) is 0 Å². The third kappa shape index (κ3) is 6.90. The Hall–Kier alpha value is -1.10. The highest BCUT2D eigenvalue weighted by Gasteiger charge is 2.19. The third-order valence-corrected chi connectivity index (χ3v) is 1.87. The Morgan fingerprint density at radius 1 is 1.40 bits per heavy atom. The number of nitrogens with one attached hydrogen (secondary N) is 2. The summed E-state index contributed by atoms with van der Waals surface area (Å²) in [5.74, 6) is -0.568. The number of hydrogen-bond donors (Lipinski definition) is 2. The molecule has 0 aliphatic carbocycles. The summed E-state index contributed by atoms with van der Waals surface area (Å²) in [7, 11) is 1.85. The molecule has 0 heterocycles. The van der Waals surface area contributed by atoms with Gasteiger partial charge in [-0.15, -0.1) is 0 Å². The largest absolute Gasteiger partial charge is 0.464 e. The van der Waals surface area contributed by atoms with Gasteiger partial charge in [0.15, 0.2) is 0 Å². The van der Waals surface area contributed by atoms with Crippen molar-refractivity contribution in [3.8, 4) is 0 Å². The molecule has 88 valence electrons. The Kier molecular flexibility index (Phi) is 7.62. The van der Waals surface area contributed by atoms with Crippen molar-refractivity contribution < 1.29 is 14.3 Å². The average molecular weight is 216 g/mol. The molecule has 0 rings (SSSR count). The van der Waals surface area contributed by atoms with Crippen LogP contribution in [0.15, 0.2) is 0 Å². The number of esters is 1. The highest BCUT2D eigenvalue weighted by Crippen LogP contribution is 1.99. The van der Waals surface area contributed by atoms with Gasteiger partial charge in [0.2, 0.25) is 5.91 Å². The molecule has 1 amide bonds. The standard InChI is InChI=1S/C10H20N2O3/c1-4-15-10(14)9(12-8(2)13)6-5-7-11-3/h9,11H,4-7H2,1-3H3,(H,12,13). The van der Waals surface area contributed by atoms with E-state index in [1.165, 1.54) is 6.92 Å². The minimum absolute atomic E-state index is 0.211. The molecule has 0 spiro atoms. The zero-order valence-electron chi connectivity index (χ0n) is 9.63. The summed E-state index contributed by atoms with van der Waals surface area (Å²) in [4.78, 5) is 22.3. The number of hydrogen-bond acceptors (Lipinski definition) is 4. The zero-order valence-corrected chi connectivity index (χ0v) is 9.63. The van der Waals surface area contributed by atoms with Gasteiger partial charge in [0.1, 0.15) is 6.04 Å². The summed E-state index contributed by atoms with van der Waals surface area (Å²) >= 11 is 0. The summed E-state index contributed by atoms with van der Waals surface area (Å²) in [6.45, 7) is 4.29. The van der Waals surface area contributed by atoms with Crippen molar-refractivity contribution in [2.75, 3.05) is 20.2 Å². The van der Waals surface area contributed by atoms with E-state index in [0.717, 1.165) is 13.0 Å². The molecule has 0 saturated carbocycles. The first-order valence-electron chi connectivity index (χ1n) is 5.20. The summed E-state index contributed by atoms with van der Waals surface area (Å²) < 4.78 is 4.86. The number of rotatable bonds is 7. The van der Waals surface area contributed by atoms with Crippen LogP contribution in [0.3, 0.4) is 0 Å².